The van der Waals surface area contributed by atoms with Gasteiger partial charge in [-0.25, -0.2) is 4.39 Å². The van der Waals surface area contributed by atoms with E-state index in [9.17, 15) is 14.4 Å². The lowest BCUT2D eigenvalue weighted by molar-refractivity contribution is -0.117. The molecule has 1 aliphatic carbocycles. The van der Waals surface area contributed by atoms with Gasteiger partial charge in [-0.1, -0.05) is 6.92 Å². The first-order valence-electron chi connectivity index (χ1n) is 7.78. The number of fused-ring (bicyclic) bond motifs is 1. The third-order valence-electron chi connectivity index (χ3n) is 4.79. The summed E-state index contributed by atoms with van der Waals surface area (Å²) in [5.41, 5.74) is 0.00495. The SMILES string of the molecule is COc1cc(F)c(C[C@H](C)[C@]23CCC(=O)C=C2OCO3)cc1C#N. The molecule has 0 N–H and O–H groups in total. The second-order valence-corrected chi connectivity index (χ2v) is 6.13. The van der Waals surface area contributed by atoms with Gasteiger partial charge in [0.05, 0.1) is 12.7 Å². The van der Waals surface area contributed by atoms with Crippen LogP contribution in [0.15, 0.2) is 24.0 Å². The molecule has 2 atom stereocenters. The number of halogens is 1. The van der Waals surface area contributed by atoms with Crippen molar-refractivity contribution in [1.29, 1.82) is 5.26 Å². The van der Waals surface area contributed by atoms with Crippen LogP contribution in [0.3, 0.4) is 0 Å². The lowest BCUT2D eigenvalue weighted by atomic mass is 9.76. The first-order valence-corrected chi connectivity index (χ1v) is 7.78. The number of rotatable bonds is 4. The second-order valence-electron chi connectivity index (χ2n) is 6.13. The van der Waals surface area contributed by atoms with Crippen LogP contribution < -0.4 is 4.74 Å². The summed E-state index contributed by atoms with van der Waals surface area (Å²) in [4.78, 5) is 11.6. The molecule has 0 radical (unpaired) electrons. The molecule has 1 aliphatic heterocycles. The van der Waals surface area contributed by atoms with Crippen LogP contribution in [0.25, 0.3) is 0 Å². The summed E-state index contributed by atoms with van der Waals surface area (Å²) in [5.74, 6) is 0.217. The Hall–Kier alpha value is -2.39. The number of nitrogens with zero attached hydrogens (tertiary/aromatic N) is 1. The molecule has 5 nitrogen and oxygen atoms in total. The molecule has 0 aromatic heterocycles. The highest BCUT2D eigenvalue weighted by Gasteiger charge is 2.49. The van der Waals surface area contributed by atoms with Crippen molar-refractivity contribution in [2.45, 2.75) is 31.8 Å². The van der Waals surface area contributed by atoms with Crippen molar-refractivity contribution in [3.63, 3.8) is 0 Å². The van der Waals surface area contributed by atoms with Crippen molar-refractivity contribution >= 4 is 5.78 Å². The lowest BCUT2D eigenvalue weighted by Crippen LogP contribution is -2.41. The van der Waals surface area contributed by atoms with E-state index in [4.69, 9.17) is 14.2 Å². The lowest BCUT2D eigenvalue weighted by Gasteiger charge is -2.35. The normalized spacial score (nSPS) is 23.8. The second kappa shape index (κ2) is 6.25. The van der Waals surface area contributed by atoms with E-state index in [2.05, 4.69) is 0 Å². The maximum atomic E-state index is 14.4. The number of allylic oxidation sites excluding steroid dienone is 1. The number of carbonyl (C=O) groups is 1. The fourth-order valence-corrected chi connectivity index (χ4v) is 3.42. The van der Waals surface area contributed by atoms with Gasteiger partial charge in [0.25, 0.3) is 0 Å². The van der Waals surface area contributed by atoms with Gasteiger partial charge in [-0.15, -0.1) is 0 Å². The molecule has 1 fully saturated rings. The fourth-order valence-electron chi connectivity index (χ4n) is 3.42. The van der Waals surface area contributed by atoms with Crippen LogP contribution >= 0.6 is 0 Å². The minimum atomic E-state index is -0.701. The van der Waals surface area contributed by atoms with E-state index < -0.39 is 11.4 Å². The number of ketones is 1. The summed E-state index contributed by atoms with van der Waals surface area (Å²) in [5, 5.41) is 9.18. The van der Waals surface area contributed by atoms with E-state index in [0.29, 0.717) is 30.6 Å². The molecule has 1 aromatic carbocycles. The molecule has 24 heavy (non-hydrogen) atoms. The maximum absolute atomic E-state index is 14.4. The molecule has 2 aliphatic rings. The summed E-state index contributed by atoms with van der Waals surface area (Å²) >= 11 is 0. The highest BCUT2D eigenvalue weighted by molar-refractivity contribution is 5.91. The summed E-state index contributed by atoms with van der Waals surface area (Å²) in [6.45, 7) is 2.03. The van der Waals surface area contributed by atoms with Gasteiger partial charge < -0.3 is 14.2 Å². The Morgan fingerprint density at radius 3 is 3.00 bits per heavy atom. The molecule has 0 saturated carbocycles. The van der Waals surface area contributed by atoms with Crippen LogP contribution in [0.4, 0.5) is 4.39 Å². The van der Waals surface area contributed by atoms with Crippen molar-refractivity contribution in [1.82, 2.24) is 0 Å². The summed E-state index contributed by atoms with van der Waals surface area (Å²) in [7, 11) is 1.40. The molecule has 126 valence electrons. The molecule has 0 bridgehead atoms. The van der Waals surface area contributed by atoms with Gasteiger partial charge >= 0.3 is 0 Å². The van der Waals surface area contributed by atoms with Crippen LogP contribution in [0, 0.1) is 23.1 Å². The Morgan fingerprint density at radius 1 is 1.50 bits per heavy atom. The van der Waals surface area contributed by atoms with Crippen molar-refractivity contribution in [2.75, 3.05) is 13.9 Å². The number of ether oxygens (including phenoxy) is 3. The van der Waals surface area contributed by atoms with Crippen LogP contribution in [0.2, 0.25) is 0 Å². The van der Waals surface area contributed by atoms with Gasteiger partial charge in [-0.05, 0) is 30.4 Å². The van der Waals surface area contributed by atoms with Crippen LogP contribution in [0.5, 0.6) is 5.75 Å². The molecule has 1 heterocycles. The Morgan fingerprint density at radius 2 is 2.29 bits per heavy atom. The number of nitriles is 1. The third-order valence-corrected chi connectivity index (χ3v) is 4.79. The quantitative estimate of drug-likeness (QED) is 0.848. The summed E-state index contributed by atoms with van der Waals surface area (Å²) in [6, 6.07) is 4.75. The average molecular weight is 331 g/mol. The predicted molar refractivity (Wildman–Crippen MR) is 82.6 cm³/mol. The third kappa shape index (κ3) is 2.65. The van der Waals surface area contributed by atoms with Crippen molar-refractivity contribution in [2.24, 2.45) is 5.92 Å². The van der Waals surface area contributed by atoms with E-state index in [0.717, 1.165) is 0 Å². The molecule has 0 unspecified atom stereocenters. The molecule has 0 amide bonds. The zero-order chi connectivity index (χ0) is 17.3. The number of hydrogen-bond acceptors (Lipinski definition) is 5. The van der Waals surface area contributed by atoms with Gasteiger partial charge in [-0.3, -0.25) is 4.79 Å². The number of hydrogen-bond donors (Lipinski definition) is 0. The fraction of sp³-hybridized carbons (Fsp3) is 0.444. The van der Waals surface area contributed by atoms with E-state index in [-0.39, 0.29) is 29.8 Å². The van der Waals surface area contributed by atoms with Crippen molar-refractivity contribution in [3.05, 3.63) is 40.9 Å². The zero-order valence-corrected chi connectivity index (χ0v) is 13.6. The average Bonchev–Trinajstić information content (AvgIpc) is 3.00. The highest BCUT2D eigenvalue weighted by atomic mass is 19.1. The Labute approximate surface area is 139 Å². The standard InChI is InChI=1S/C18H18FNO4/c1-11(18-4-3-14(21)7-17(18)23-10-24-18)5-12-6-13(9-20)16(22-2)8-15(12)19/h6-8,11H,3-5,10H2,1-2H3/t11-,18+/m0/s1. The summed E-state index contributed by atoms with van der Waals surface area (Å²) < 4.78 is 30.6. The number of benzene rings is 1. The van der Waals surface area contributed by atoms with E-state index in [1.54, 1.807) is 0 Å². The Kier molecular flexibility index (Phi) is 4.29. The molecular formula is C18H18FNO4. The molecule has 3 rings (SSSR count). The molecule has 0 spiro atoms. The van der Waals surface area contributed by atoms with Crippen molar-refractivity contribution in [3.8, 4) is 11.8 Å². The number of methoxy groups -OCH3 is 1. The predicted octanol–water partition coefficient (Wildman–Crippen LogP) is 2.87. The van der Waals surface area contributed by atoms with Gasteiger partial charge in [0.15, 0.2) is 12.6 Å². The zero-order valence-electron chi connectivity index (χ0n) is 13.6. The van der Waals surface area contributed by atoms with Crippen molar-refractivity contribution < 1.29 is 23.4 Å². The number of carbonyl (C=O) groups excluding carboxylic acids is 1. The topological polar surface area (TPSA) is 68.6 Å². The minimum Gasteiger partial charge on any atom is -0.495 e. The van der Waals surface area contributed by atoms with Gasteiger partial charge in [-0.2, -0.15) is 5.26 Å². The Bertz CT molecular complexity index is 752. The Balaban J connectivity index is 1.90. The molecular weight excluding hydrogens is 313 g/mol. The maximum Gasteiger partial charge on any atom is 0.189 e. The van der Waals surface area contributed by atoms with Gasteiger partial charge in [0.1, 0.15) is 29.0 Å². The first-order chi connectivity index (χ1) is 11.5. The van der Waals surface area contributed by atoms with E-state index >= 15 is 0 Å². The van der Waals surface area contributed by atoms with Crippen LogP contribution in [0.1, 0.15) is 30.9 Å². The molecule has 6 heteroatoms. The van der Waals surface area contributed by atoms with Crippen LogP contribution in [-0.4, -0.2) is 25.3 Å². The smallest absolute Gasteiger partial charge is 0.189 e. The van der Waals surface area contributed by atoms with Crippen LogP contribution in [-0.2, 0) is 20.7 Å². The first kappa shape index (κ1) is 16.5. The molecule has 1 saturated heterocycles. The van der Waals surface area contributed by atoms with Gasteiger partial charge in [0, 0.05) is 18.6 Å². The monoisotopic (exact) mass is 331 g/mol. The largest absolute Gasteiger partial charge is 0.495 e. The van der Waals surface area contributed by atoms with E-state index in [1.807, 2.05) is 13.0 Å². The minimum absolute atomic E-state index is 0.0146. The van der Waals surface area contributed by atoms with Gasteiger partial charge in [0.2, 0.25) is 0 Å². The van der Waals surface area contributed by atoms with E-state index in [1.165, 1.54) is 25.3 Å². The summed E-state index contributed by atoms with van der Waals surface area (Å²) in [6.07, 6.45) is 2.74. The molecule has 1 aromatic rings. The highest BCUT2D eigenvalue weighted by Crippen LogP contribution is 2.44.